The van der Waals surface area contributed by atoms with E-state index in [9.17, 15) is 4.79 Å². The van der Waals surface area contributed by atoms with E-state index in [-0.39, 0.29) is 11.9 Å². The van der Waals surface area contributed by atoms with Gasteiger partial charge in [-0.25, -0.2) is 0 Å². The first-order valence-corrected chi connectivity index (χ1v) is 8.04. The number of rotatable bonds is 7. The van der Waals surface area contributed by atoms with E-state index in [2.05, 4.69) is 66.5 Å². The average Bonchev–Trinajstić information content (AvgIpc) is 2.46. The van der Waals surface area contributed by atoms with Gasteiger partial charge in [0.2, 0.25) is 5.91 Å². The number of hydrogen-bond acceptors (Lipinski definition) is 2. The molecular weight excluding hydrogens is 272 g/mol. The highest BCUT2D eigenvalue weighted by Gasteiger charge is 2.10. The zero-order valence-electron chi connectivity index (χ0n) is 13.8. The minimum atomic E-state index is 0.101. The Morgan fingerprint density at radius 1 is 1.18 bits per heavy atom. The molecule has 0 spiro atoms. The van der Waals surface area contributed by atoms with Gasteiger partial charge in [0.15, 0.2) is 0 Å². The second-order valence-corrected chi connectivity index (χ2v) is 6.11. The van der Waals surface area contributed by atoms with Crippen LogP contribution in [0, 0.1) is 0 Å². The molecule has 1 N–H and O–H groups in total. The maximum atomic E-state index is 12.0. The first-order valence-electron chi connectivity index (χ1n) is 8.04. The maximum Gasteiger partial charge on any atom is 0.234 e. The van der Waals surface area contributed by atoms with Crippen LogP contribution in [0.5, 0.6) is 0 Å². The van der Waals surface area contributed by atoms with E-state index in [1.54, 1.807) is 0 Å². The quantitative estimate of drug-likeness (QED) is 0.847. The molecular formula is C19H26N2O. The Balaban J connectivity index is 1.90. The molecule has 0 fully saturated rings. The van der Waals surface area contributed by atoms with Gasteiger partial charge in [0.1, 0.15) is 0 Å². The van der Waals surface area contributed by atoms with Gasteiger partial charge in [0.25, 0.3) is 0 Å². The lowest BCUT2D eigenvalue weighted by molar-refractivity contribution is -0.122. The first-order chi connectivity index (χ1) is 10.6. The summed E-state index contributed by atoms with van der Waals surface area (Å²) in [6, 6.07) is 15.1. The van der Waals surface area contributed by atoms with Crippen molar-refractivity contribution < 1.29 is 4.79 Å². The number of carbonyl (C=O) groups excluding carboxylic acids is 1. The molecule has 0 radical (unpaired) electrons. The summed E-state index contributed by atoms with van der Waals surface area (Å²) in [5.74, 6) is 0.101. The Kier molecular flexibility index (Phi) is 5.96. The van der Waals surface area contributed by atoms with Crippen LogP contribution in [0.4, 0.5) is 0 Å². The fourth-order valence-electron chi connectivity index (χ4n) is 2.78. The van der Waals surface area contributed by atoms with Crippen molar-refractivity contribution in [2.24, 2.45) is 0 Å². The number of benzene rings is 2. The third-order valence-corrected chi connectivity index (χ3v) is 3.81. The van der Waals surface area contributed by atoms with Gasteiger partial charge in [-0.15, -0.1) is 0 Å². The van der Waals surface area contributed by atoms with Crippen molar-refractivity contribution in [1.29, 1.82) is 0 Å². The third-order valence-electron chi connectivity index (χ3n) is 3.81. The molecule has 0 saturated carbocycles. The lowest BCUT2D eigenvalue weighted by Crippen LogP contribution is -2.39. The fraction of sp³-hybridized carbons (Fsp3) is 0.421. The van der Waals surface area contributed by atoms with Gasteiger partial charge < -0.3 is 5.32 Å². The summed E-state index contributed by atoms with van der Waals surface area (Å²) in [4.78, 5) is 14.0. The van der Waals surface area contributed by atoms with Gasteiger partial charge >= 0.3 is 0 Å². The molecule has 2 aromatic rings. The number of likely N-dealkylation sites (N-methyl/N-ethyl adjacent to an activating group) is 1. The van der Waals surface area contributed by atoms with Crippen molar-refractivity contribution >= 4 is 16.7 Å². The van der Waals surface area contributed by atoms with E-state index in [0.29, 0.717) is 6.54 Å². The highest BCUT2D eigenvalue weighted by atomic mass is 16.2. The van der Waals surface area contributed by atoms with E-state index in [1.165, 1.54) is 16.3 Å². The highest BCUT2D eigenvalue weighted by Crippen LogP contribution is 2.16. The molecule has 0 aliphatic rings. The van der Waals surface area contributed by atoms with Crippen molar-refractivity contribution in [2.45, 2.75) is 39.3 Å². The van der Waals surface area contributed by atoms with E-state index in [0.717, 1.165) is 19.4 Å². The zero-order chi connectivity index (χ0) is 15.9. The van der Waals surface area contributed by atoms with Crippen LogP contribution in [0.2, 0.25) is 0 Å². The smallest absolute Gasteiger partial charge is 0.234 e. The summed E-state index contributed by atoms with van der Waals surface area (Å²) in [5, 5.41) is 5.54. The molecule has 0 aliphatic carbocycles. The van der Waals surface area contributed by atoms with Gasteiger partial charge in [-0.3, -0.25) is 9.69 Å². The van der Waals surface area contributed by atoms with Gasteiger partial charge in [0, 0.05) is 12.6 Å². The summed E-state index contributed by atoms with van der Waals surface area (Å²) in [6.07, 6.45) is 2.12. The predicted octanol–water partition coefficient (Wildman–Crippen LogP) is 3.58. The Labute approximate surface area is 133 Å². The van der Waals surface area contributed by atoms with Crippen LogP contribution in [0.25, 0.3) is 10.8 Å². The number of fused-ring (bicyclic) bond motifs is 1. The second kappa shape index (κ2) is 7.95. The minimum Gasteiger partial charge on any atom is -0.353 e. The lowest BCUT2D eigenvalue weighted by atomic mass is 10.1. The first kappa shape index (κ1) is 16.5. The van der Waals surface area contributed by atoms with E-state index in [1.807, 2.05) is 7.05 Å². The molecule has 0 bridgehead atoms. The van der Waals surface area contributed by atoms with Crippen molar-refractivity contribution in [3.05, 3.63) is 48.0 Å². The van der Waals surface area contributed by atoms with Crippen molar-refractivity contribution in [3.63, 3.8) is 0 Å². The Hall–Kier alpha value is -1.87. The Morgan fingerprint density at radius 2 is 1.91 bits per heavy atom. The Bertz CT molecular complexity index is 624. The molecule has 1 unspecified atom stereocenters. The molecule has 0 aliphatic heterocycles. The molecule has 1 atom stereocenters. The molecule has 1 amide bonds. The summed E-state index contributed by atoms with van der Waals surface area (Å²) in [5.41, 5.74) is 1.23. The van der Waals surface area contributed by atoms with Crippen molar-refractivity contribution in [2.75, 3.05) is 13.6 Å². The predicted molar refractivity (Wildman–Crippen MR) is 92.8 cm³/mol. The average molecular weight is 298 g/mol. The number of nitrogens with zero attached hydrogens (tertiary/aromatic N) is 1. The van der Waals surface area contributed by atoms with Crippen LogP contribution in [0.15, 0.2) is 42.5 Å². The van der Waals surface area contributed by atoms with Crippen LogP contribution >= 0.6 is 0 Å². The topological polar surface area (TPSA) is 32.3 Å². The second-order valence-electron chi connectivity index (χ2n) is 6.11. The van der Waals surface area contributed by atoms with Crippen LogP contribution in [0.1, 0.15) is 32.3 Å². The summed E-state index contributed by atoms with van der Waals surface area (Å²) in [6.45, 7) is 5.40. The van der Waals surface area contributed by atoms with Gasteiger partial charge in [-0.2, -0.15) is 0 Å². The zero-order valence-corrected chi connectivity index (χ0v) is 13.8. The molecule has 118 valence electrons. The minimum absolute atomic E-state index is 0.101. The van der Waals surface area contributed by atoms with Crippen LogP contribution in [-0.4, -0.2) is 30.4 Å². The maximum absolute atomic E-state index is 12.0. The number of nitrogens with one attached hydrogen (secondary N) is 1. The molecule has 0 saturated heterocycles. The monoisotopic (exact) mass is 298 g/mol. The van der Waals surface area contributed by atoms with Gasteiger partial charge in [-0.1, -0.05) is 49.7 Å². The molecule has 3 nitrogen and oxygen atoms in total. The molecule has 22 heavy (non-hydrogen) atoms. The standard InChI is InChI=1S/C19H26N2O/c1-4-7-15(2)20-19(22)14-21(3)13-16-10-11-17-8-5-6-9-18(17)12-16/h5-6,8-12,15H,4,7,13-14H2,1-3H3,(H,20,22). The van der Waals surface area contributed by atoms with Crippen molar-refractivity contribution in [1.82, 2.24) is 10.2 Å². The van der Waals surface area contributed by atoms with Gasteiger partial charge in [-0.05, 0) is 42.8 Å². The normalized spacial score (nSPS) is 12.5. The van der Waals surface area contributed by atoms with Crippen LogP contribution in [0.3, 0.4) is 0 Å². The molecule has 2 rings (SSSR count). The molecule has 3 heteroatoms. The summed E-state index contributed by atoms with van der Waals surface area (Å²) < 4.78 is 0. The largest absolute Gasteiger partial charge is 0.353 e. The summed E-state index contributed by atoms with van der Waals surface area (Å²) >= 11 is 0. The fourth-order valence-corrected chi connectivity index (χ4v) is 2.78. The third kappa shape index (κ3) is 4.85. The van der Waals surface area contributed by atoms with E-state index >= 15 is 0 Å². The number of amides is 1. The molecule has 0 heterocycles. The lowest BCUT2D eigenvalue weighted by Gasteiger charge is -2.19. The summed E-state index contributed by atoms with van der Waals surface area (Å²) in [7, 11) is 1.99. The highest BCUT2D eigenvalue weighted by molar-refractivity contribution is 5.83. The number of carbonyl (C=O) groups is 1. The number of hydrogen-bond donors (Lipinski definition) is 1. The van der Waals surface area contributed by atoms with Gasteiger partial charge in [0.05, 0.1) is 6.54 Å². The molecule has 0 aromatic heterocycles. The molecule has 2 aromatic carbocycles. The Morgan fingerprint density at radius 3 is 2.64 bits per heavy atom. The van der Waals surface area contributed by atoms with Crippen LogP contribution < -0.4 is 5.32 Å². The van der Waals surface area contributed by atoms with Crippen molar-refractivity contribution in [3.8, 4) is 0 Å². The van der Waals surface area contributed by atoms with E-state index < -0.39 is 0 Å². The SMILES string of the molecule is CCCC(C)NC(=O)CN(C)Cc1ccc2ccccc2c1. The van der Waals surface area contributed by atoms with E-state index in [4.69, 9.17) is 0 Å². The van der Waals surface area contributed by atoms with Crippen LogP contribution in [-0.2, 0) is 11.3 Å².